The summed E-state index contributed by atoms with van der Waals surface area (Å²) in [4.78, 5) is 14.8. The number of benzene rings is 1. The number of fused-ring (bicyclic) bond motifs is 1. The Labute approximate surface area is 158 Å². The highest BCUT2D eigenvalue weighted by atomic mass is 16.2. The lowest BCUT2D eigenvalue weighted by Gasteiger charge is -2.23. The van der Waals surface area contributed by atoms with Gasteiger partial charge in [-0.2, -0.15) is 0 Å². The van der Waals surface area contributed by atoms with Crippen LogP contribution in [0.25, 0.3) is 5.52 Å². The number of nitrogens with one attached hydrogen (secondary N) is 1. The number of rotatable bonds is 3. The van der Waals surface area contributed by atoms with Gasteiger partial charge < -0.3 is 10.2 Å². The van der Waals surface area contributed by atoms with Crippen molar-refractivity contribution in [2.45, 2.75) is 44.6 Å². The Bertz CT molecular complexity index is 1010. The van der Waals surface area contributed by atoms with Gasteiger partial charge in [0.05, 0.1) is 11.6 Å². The number of hydrogen-bond donors (Lipinski definition) is 1. The van der Waals surface area contributed by atoms with Crippen molar-refractivity contribution in [3.05, 3.63) is 59.4 Å². The van der Waals surface area contributed by atoms with E-state index >= 15 is 0 Å². The number of anilines is 1. The average Bonchev–Trinajstić information content (AvgIpc) is 3.24. The fourth-order valence-corrected chi connectivity index (χ4v) is 4.04. The smallest absolute Gasteiger partial charge is 0.316 e. The maximum atomic E-state index is 12.9. The van der Waals surface area contributed by atoms with Gasteiger partial charge in [0.1, 0.15) is 5.69 Å². The van der Waals surface area contributed by atoms with Crippen molar-refractivity contribution in [3.63, 3.8) is 0 Å². The minimum absolute atomic E-state index is 0.0286. The van der Waals surface area contributed by atoms with Gasteiger partial charge in [-0.15, -0.1) is 5.10 Å². The van der Waals surface area contributed by atoms with E-state index in [9.17, 15) is 4.79 Å². The minimum atomic E-state index is -0.0705. The van der Waals surface area contributed by atoms with E-state index in [1.165, 1.54) is 18.4 Å². The van der Waals surface area contributed by atoms with Gasteiger partial charge in [-0.25, -0.2) is 9.31 Å². The molecule has 1 atom stereocenters. The summed E-state index contributed by atoms with van der Waals surface area (Å²) in [6.07, 6.45) is 6.52. The fourth-order valence-electron chi connectivity index (χ4n) is 4.04. The molecule has 5 rings (SSSR count). The molecule has 2 fully saturated rings. The number of urea groups is 1. The molecule has 27 heavy (non-hydrogen) atoms. The third-order valence-corrected chi connectivity index (χ3v) is 5.61. The first kappa shape index (κ1) is 16.3. The van der Waals surface area contributed by atoms with E-state index in [2.05, 4.69) is 34.0 Å². The number of hydrogen-bond acceptors (Lipinski definition) is 3. The highest BCUT2D eigenvalue weighted by Crippen LogP contribution is 2.40. The Morgan fingerprint density at radius 1 is 1.19 bits per heavy atom. The standard InChI is InChI=1S/C21H23N5O/c1-14-4-2-5-17(12-14)22-21(27)25-11-3-6-18(25)20-19-10-9-16(15-7-8-15)13-26(19)24-23-20/h2,4-5,9-10,12-13,15,18H,3,6-8,11H2,1H3,(H,22,27)/t18-/m1/s1. The second kappa shape index (κ2) is 6.37. The van der Waals surface area contributed by atoms with Crippen LogP contribution in [0.1, 0.15) is 54.5 Å². The molecule has 3 heterocycles. The first-order valence-electron chi connectivity index (χ1n) is 9.68. The van der Waals surface area contributed by atoms with Gasteiger partial charge in [0.2, 0.25) is 0 Å². The number of nitrogens with zero attached hydrogens (tertiary/aromatic N) is 4. The van der Waals surface area contributed by atoms with E-state index in [0.717, 1.165) is 41.8 Å². The Kier molecular flexibility index (Phi) is 3.85. The van der Waals surface area contributed by atoms with Crippen LogP contribution in [-0.4, -0.2) is 32.3 Å². The molecule has 2 amide bonds. The lowest BCUT2D eigenvalue weighted by molar-refractivity contribution is 0.206. The number of amides is 2. The van der Waals surface area contributed by atoms with Crippen molar-refractivity contribution in [3.8, 4) is 0 Å². The molecule has 0 unspecified atom stereocenters. The van der Waals surface area contributed by atoms with Crippen LogP contribution >= 0.6 is 0 Å². The normalized spacial score (nSPS) is 19.6. The molecular weight excluding hydrogens is 338 g/mol. The van der Waals surface area contributed by atoms with Gasteiger partial charge >= 0.3 is 6.03 Å². The van der Waals surface area contributed by atoms with Crippen LogP contribution in [0.15, 0.2) is 42.6 Å². The molecule has 1 N–H and O–H groups in total. The zero-order valence-electron chi connectivity index (χ0n) is 15.4. The van der Waals surface area contributed by atoms with Crippen molar-refractivity contribution in [2.75, 3.05) is 11.9 Å². The van der Waals surface area contributed by atoms with Gasteiger partial charge in [-0.1, -0.05) is 23.4 Å². The zero-order chi connectivity index (χ0) is 18.4. The Morgan fingerprint density at radius 3 is 2.89 bits per heavy atom. The highest BCUT2D eigenvalue weighted by molar-refractivity contribution is 5.90. The molecule has 0 radical (unpaired) electrons. The highest BCUT2D eigenvalue weighted by Gasteiger charge is 2.33. The van der Waals surface area contributed by atoms with Crippen molar-refractivity contribution < 1.29 is 4.79 Å². The summed E-state index contributed by atoms with van der Waals surface area (Å²) in [6.45, 7) is 2.76. The maximum Gasteiger partial charge on any atom is 0.322 e. The molecule has 0 bridgehead atoms. The van der Waals surface area contributed by atoms with Crippen molar-refractivity contribution in [1.29, 1.82) is 0 Å². The van der Waals surface area contributed by atoms with Gasteiger partial charge in [0, 0.05) is 18.4 Å². The number of carbonyl (C=O) groups excluding carboxylic acids is 1. The van der Waals surface area contributed by atoms with E-state index in [1.54, 1.807) is 0 Å². The van der Waals surface area contributed by atoms with E-state index in [1.807, 2.05) is 40.6 Å². The Morgan fingerprint density at radius 2 is 2.07 bits per heavy atom. The second-order valence-corrected chi connectivity index (χ2v) is 7.69. The summed E-state index contributed by atoms with van der Waals surface area (Å²) in [5.74, 6) is 0.685. The average molecular weight is 361 g/mol. The third kappa shape index (κ3) is 3.05. The van der Waals surface area contributed by atoms with E-state index in [4.69, 9.17) is 0 Å². The summed E-state index contributed by atoms with van der Waals surface area (Å²) >= 11 is 0. The molecular formula is C21H23N5O. The molecule has 1 aromatic carbocycles. The quantitative estimate of drug-likeness (QED) is 0.757. The molecule has 1 aliphatic carbocycles. The molecule has 1 saturated carbocycles. The van der Waals surface area contributed by atoms with E-state index < -0.39 is 0 Å². The van der Waals surface area contributed by atoms with Gasteiger partial charge in [0.15, 0.2) is 0 Å². The van der Waals surface area contributed by atoms with Crippen LogP contribution in [0, 0.1) is 6.92 Å². The Hall–Kier alpha value is -2.89. The van der Waals surface area contributed by atoms with E-state index in [0.29, 0.717) is 5.92 Å². The largest absolute Gasteiger partial charge is 0.322 e. The predicted molar refractivity (Wildman–Crippen MR) is 104 cm³/mol. The summed E-state index contributed by atoms with van der Waals surface area (Å²) in [5, 5.41) is 11.8. The first-order chi connectivity index (χ1) is 13.2. The monoisotopic (exact) mass is 361 g/mol. The van der Waals surface area contributed by atoms with Crippen molar-refractivity contribution in [1.82, 2.24) is 19.7 Å². The molecule has 1 saturated heterocycles. The van der Waals surface area contributed by atoms with Crippen LogP contribution in [0.3, 0.4) is 0 Å². The summed E-state index contributed by atoms with van der Waals surface area (Å²) in [6, 6.07) is 12.1. The molecule has 0 spiro atoms. The predicted octanol–water partition coefficient (Wildman–Crippen LogP) is 4.28. The zero-order valence-corrected chi connectivity index (χ0v) is 15.4. The van der Waals surface area contributed by atoms with Gasteiger partial charge in [-0.05, 0) is 67.9 Å². The SMILES string of the molecule is Cc1cccc(NC(=O)N2CCC[C@@H]2c2nnn3cc(C4CC4)ccc23)c1. The van der Waals surface area contributed by atoms with Crippen LogP contribution < -0.4 is 5.32 Å². The number of aryl methyl sites for hydroxylation is 1. The van der Waals surface area contributed by atoms with Crippen LogP contribution in [0.5, 0.6) is 0 Å². The van der Waals surface area contributed by atoms with Crippen molar-refractivity contribution >= 4 is 17.2 Å². The van der Waals surface area contributed by atoms with Gasteiger partial charge in [-0.3, -0.25) is 0 Å². The lowest BCUT2D eigenvalue weighted by atomic mass is 10.1. The number of carbonyl (C=O) groups is 1. The minimum Gasteiger partial charge on any atom is -0.316 e. The lowest BCUT2D eigenvalue weighted by Crippen LogP contribution is -2.34. The fraction of sp³-hybridized carbons (Fsp3) is 0.381. The van der Waals surface area contributed by atoms with Gasteiger partial charge in [0.25, 0.3) is 0 Å². The first-order valence-corrected chi connectivity index (χ1v) is 9.68. The molecule has 6 nitrogen and oxygen atoms in total. The van der Waals surface area contributed by atoms with E-state index in [-0.39, 0.29) is 12.1 Å². The molecule has 3 aromatic rings. The Balaban J connectivity index is 1.40. The third-order valence-electron chi connectivity index (χ3n) is 5.61. The molecule has 138 valence electrons. The summed E-state index contributed by atoms with van der Waals surface area (Å²) in [7, 11) is 0. The summed E-state index contributed by atoms with van der Waals surface area (Å²) < 4.78 is 1.87. The van der Waals surface area contributed by atoms with Crippen LogP contribution in [0.2, 0.25) is 0 Å². The molecule has 2 aromatic heterocycles. The number of likely N-dealkylation sites (tertiary alicyclic amines) is 1. The van der Waals surface area contributed by atoms with Crippen LogP contribution in [0.4, 0.5) is 10.5 Å². The number of aromatic nitrogens is 3. The molecule has 1 aliphatic heterocycles. The topological polar surface area (TPSA) is 62.5 Å². The van der Waals surface area contributed by atoms with Crippen LogP contribution in [-0.2, 0) is 0 Å². The van der Waals surface area contributed by atoms with Crippen molar-refractivity contribution in [2.24, 2.45) is 0 Å². The summed E-state index contributed by atoms with van der Waals surface area (Å²) in [5.41, 5.74) is 5.18. The second-order valence-electron chi connectivity index (χ2n) is 7.69. The number of pyridine rings is 1. The molecule has 6 heteroatoms. The molecule has 2 aliphatic rings. The maximum absolute atomic E-state index is 12.9.